The zero-order valence-corrected chi connectivity index (χ0v) is 11.3. The summed E-state index contributed by atoms with van der Waals surface area (Å²) < 4.78 is 1.19. The summed E-state index contributed by atoms with van der Waals surface area (Å²) in [7, 11) is 0. The Balaban J connectivity index is 1.91. The summed E-state index contributed by atoms with van der Waals surface area (Å²) in [6.45, 7) is 4.36. The van der Waals surface area contributed by atoms with Gasteiger partial charge in [0.2, 0.25) is 0 Å². The number of anilines is 1. The Morgan fingerprint density at radius 3 is 2.89 bits per heavy atom. The van der Waals surface area contributed by atoms with Crippen LogP contribution in [-0.2, 0) is 0 Å². The molecule has 1 aliphatic heterocycles. The second kappa shape index (κ2) is 4.82. The second-order valence-corrected chi connectivity index (χ2v) is 5.79. The first-order valence-corrected chi connectivity index (χ1v) is 7.22. The molecule has 96 valence electrons. The first kappa shape index (κ1) is 11.9. The van der Waals surface area contributed by atoms with E-state index in [4.69, 9.17) is 0 Å². The standard InChI is InChI=1S/C13H17N3OS/c1-9-7-18-12-11(9)14-8-15-13(12)16-4-2-10(6-17)3-5-16/h7-8,10,17H,2-6H2,1H3. The molecule has 5 heteroatoms. The maximum absolute atomic E-state index is 9.18. The molecule has 18 heavy (non-hydrogen) atoms. The van der Waals surface area contributed by atoms with Crippen molar-refractivity contribution in [3.8, 4) is 0 Å². The van der Waals surface area contributed by atoms with E-state index in [1.807, 2.05) is 0 Å². The average molecular weight is 263 g/mol. The highest BCUT2D eigenvalue weighted by Gasteiger charge is 2.21. The summed E-state index contributed by atoms with van der Waals surface area (Å²) in [5, 5.41) is 11.3. The lowest BCUT2D eigenvalue weighted by Gasteiger charge is -2.32. The third-order valence-electron chi connectivity index (χ3n) is 3.68. The number of aliphatic hydroxyl groups excluding tert-OH is 1. The minimum atomic E-state index is 0.311. The molecule has 0 aliphatic carbocycles. The number of aromatic nitrogens is 2. The first-order valence-electron chi connectivity index (χ1n) is 6.34. The van der Waals surface area contributed by atoms with Crippen molar-refractivity contribution < 1.29 is 5.11 Å². The van der Waals surface area contributed by atoms with Crippen LogP contribution in [0.15, 0.2) is 11.7 Å². The Morgan fingerprint density at radius 2 is 2.17 bits per heavy atom. The number of hydrogen-bond donors (Lipinski definition) is 1. The minimum absolute atomic E-state index is 0.311. The molecule has 0 saturated carbocycles. The second-order valence-electron chi connectivity index (χ2n) is 4.91. The lowest BCUT2D eigenvalue weighted by atomic mass is 9.98. The van der Waals surface area contributed by atoms with Gasteiger partial charge in [-0.25, -0.2) is 9.97 Å². The molecule has 4 nitrogen and oxygen atoms in total. The van der Waals surface area contributed by atoms with Gasteiger partial charge >= 0.3 is 0 Å². The summed E-state index contributed by atoms with van der Waals surface area (Å²) >= 11 is 1.72. The molecule has 0 aromatic carbocycles. The molecule has 0 radical (unpaired) electrons. The Bertz CT molecular complexity index is 546. The van der Waals surface area contributed by atoms with Crippen LogP contribution in [0.5, 0.6) is 0 Å². The van der Waals surface area contributed by atoms with Gasteiger partial charge in [-0.15, -0.1) is 11.3 Å². The van der Waals surface area contributed by atoms with E-state index in [0.717, 1.165) is 37.3 Å². The van der Waals surface area contributed by atoms with E-state index in [-0.39, 0.29) is 0 Å². The average Bonchev–Trinajstić information content (AvgIpc) is 2.81. The van der Waals surface area contributed by atoms with Crippen molar-refractivity contribution in [2.45, 2.75) is 19.8 Å². The molecule has 1 saturated heterocycles. The summed E-state index contributed by atoms with van der Waals surface area (Å²) in [5.41, 5.74) is 2.30. The monoisotopic (exact) mass is 263 g/mol. The van der Waals surface area contributed by atoms with Crippen LogP contribution in [0.3, 0.4) is 0 Å². The molecule has 3 rings (SSSR count). The van der Waals surface area contributed by atoms with E-state index in [9.17, 15) is 5.11 Å². The normalized spacial score (nSPS) is 17.6. The van der Waals surface area contributed by atoms with Crippen molar-refractivity contribution in [3.63, 3.8) is 0 Å². The highest BCUT2D eigenvalue weighted by molar-refractivity contribution is 7.18. The lowest BCUT2D eigenvalue weighted by molar-refractivity contribution is 0.203. The summed E-state index contributed by atoms with van der Waals surface area (Å²) in [6.07, 6.45) is 3.76. The van der Waals surface area contributed by atoms with Gasteiger partial charge in [0.1, 0.15) is 12.1 Å². The van der Waals surface area contributed by atoms with Crippen molar-refractivity contribution in [1.29, 1.82) is 0 Å². The van der Waals surface area contributed by atoms with E-state index in [2.05, 4.69) is 27.2 Å². The summed E-state index contributed by atoms with van der Waals surface area (Å²) in [4.78, 5) is 11.1. The Labute approximate surface area is 110 Å². The fourth-order valence-corrected chi connectivity index (χ4v) is 3.53. The molecular formula is C13H17N3OS. The van der Waals surface area contributed by atoms with E-state index in [1.165, 1.54) is 10.3 Å². The zero-order valence-electron chi connectivity index (χ0n) is 10.5. The highest BCUT2D eigenvalue weighted by Crippen LogP contribution is 2.32. The fraction of sp³-hybridized carbons (Fsp3) is 0.538. The predicted molar refractivity (Wildman–Crippen MR) is 74.2 cm³/mol. The molecule has 0 spiro atoms. The van der Waals surface area contributed by atoms with Crippen LogP contribution < -0.4 is 4.90 Å². The Morgan fingerprint density at radius 1 is 1.39 bits per heavy atom. The number of aryl methyl sites for hydroxylation is 1. The van der Waals surface area contributed by atoms with Gasteiger partial charge in [-0.3, -0.25) is 0 Å². The number of rotatable bonds is 2. The van der Waals surface area contributed by atoms with Crippen LogP contribution in [0.1, 0.15) is 18.4 Å². The SMILES string of the molecule is Cc1csc2c(N3CCC(CO)CC3)ncnc12. The number of piperidine rings is 1. The molecule has 1 N–H and O–H groups in total. The van der Waals surface area contributed by atoms with Crippen LogP contribution in [0.4, 0.5) is 5.82 Å². The quantitative estimate of drug-likeness (QED) is 0.902. The van der Waals surface area contributed by atoms with E-state index < -0.39 is 0 Å². The maximum Gasteiger partial charge on any atom is 0.150 e. The van der Waals surface area contributed by atoms with E-state index >= 15 is 0 Å². The van der Waals surface area contributed by atoms with Gasteiger partial charge in [0.05, 0.1) is 10.2 Å². The number of fused-ring (bicyclic) bond motifs is 1. The van der Waals surface area contributed by atoms with Gasteiger partial charge in [-0.2, -0.15) is 0 Å². The van der Waals surface area contributed by atoms with Gasteiger partial charge in [0.15, 0.2) is 0 Å². The van der Waals surface area contributed by atoms with Crippen molar-refractivity contribution in [3.05, 3.63) is 17.3 Å². The van der Waals surface area contributed by atoms with Crippen LogP contribution in [0, 0.1) is 12.8 Å². The van der Waals surface area contributed by atoms with Gasteiger partial charge in [-0.1, -0.05) is 0 Å². The maximum atomic E-state index is 9.18. The lowest BCUT2D eigenvalue weighted by Crippen LogP contribution is -2.35. The summed E-state index contributed by atoms with van der Waals surface area (Å²) in [5.74, 6) is 1.53. The number of thiophene rings is 1. The molecule has 0 amide bonds. The molecule has 0 atom stereocenters. The van der Waals surface area contributed by atoms with Crippen molar-refractivity contribution >= 4 is 27.4 Å². The Kier molecular flexibility index (Phi) is 3.18. The number of aliphatic hydroxyl groups is 1. The van der Waals surface area contributed by atoms with Crippen molar-refractivity contribution in [1.82, 2.24) is 9.97 Å². The van der Waals surface area contributed by atoms with Gasteiger partial charge in [0, 0.05) is 19.7 Å². The van der Waals surface area contributed by atoms with Crippen LogP contribution >= 0.6 is 11.3 Å². The summed E-state index contributed by atoms with van der Waals surface area (Å²) in [6, 6.07) is 0. The zero-order chi connectivity index (χ0) is 12.5. The van der Waals surface area contributed by atoms with Gasteiger partial charge < -0.3 is 10.0 Å². The molecule has 3 heterocycles. The highest BCUT2D eigenvalue weighted by atomic mass is 32.1. The molecule has 2 aromatic heterocycles. The molecule has 0 unspecified atom stereocenters. The molecule has 0 bridgehead atoms. The van der Waals surface area contributed by atoms with E-state index in [1.54, 1.807) is 17.7 Å². The van der Waals surface area contributed by atoms with E-state index in [0.29, 0.717) is 12.5 Å². The van der Waals surface area contributed by atoms with Crippen molar-refractivity contribution in [2.75, 3.05) is 24.6 Å². The Hall–Kier alpha value is -1.20. The molecule has 1 aliphatic rings. The van der Waals surface area contributed by atoms with Gasteiger partial charge in [0.25, 0.3) is 0 Å². The molecule has 1 fully saturated rings. The van der Waals surface area contributed by atoms with Crippen molar-refractivity contribution in [2.24, 2.45) is 5.92 Å². The third kappa shape index (κ3) is 1.97. The number of hydrogen-bond acceptors (Lipinski definition) is 5. The number of nitrogens with zero attached hydrogens (tertiary/aromatic N) is 3. The third-order valence-corrected chi connectivity index (χ3v) is 4.77. The fourth-order valence-electron chi connectivity index (χ4n) is 2.51. The topological polar surface area (TPSA) is 49.2 Å². The smallest absolute Gasteiger partial charge is 0.150 e. The predicted octanol–water partition coefficient (Wildman–Crippen LogP) is 2.21. The molecule has 2 aromatic rings. The molecular weight excluding hydrogens is 246 g/mol. The van der Waals surface area contributed by atoms with Crippen LogP contribution in [0.25, 0.3) is 10.2 Å². The minimum Gasteiger partial charge on any atom is -0.396 e. The van der Waals surface area contributed by atoms with Crippen LogP contribution in [0.2, 0.25) is 0 Å². The van der Waals surface area contributed by atoms with Crippen LogP contribution in [-0.4, -0.2) is 34.8 Å². The van der Waals surface area contributed by atoms with Gasteiger partial charge in [-0.05, 0) is 36.6 Å². The first-order chi connectivity index (χ1) is 8.79. The largest absolute Gasteiger partial charge is 0.396 e.